The second-order valence-corrected chi connectivity index (χ2v) is 6.53. The molecule has 1 aliphatic rings. The van der Waals surface area contributed by atoms with E-state index in [1.807, 2.05) is 13.0 Å². The Balaban J connectivity index is 2.06. The van der Waals surface area contributed by atoms with Crippen molar-refractivity contribution in [1.82, 2.24) is 10.6 Å². The van der Waals surface area contributed by atoms with Gasteiger partial charge in [0.2, 0.25) is 0 Å². The van der Waals surface area contributed by atoms with Gasteiger partial charge in [-0.05, 0) is 56.1 Å². The predicted molar refractivity (Wildman–Crippen MR) is 88.2 cm³/mol. The minimum atomic E-state index is 0.00291. The van der Waals surface area contributed by atoms with E-state index in [-0.39, 0.29) is 5.54 Å². The van der Waals surface area contributed by atoms with Crippen LogP contribution in [0.25, 0.3) is 0 Å². The standard InChI is InChI=1S/C15H19BrN2S/c1-11(2)10-17-14(19)18-15(7-4-8-15)12-5-3-6-13(16)9-12/h3,5-6,9H,1,4,7-8,10H2,2H3,(H2,17,18,19). The summed E-state index contributed by atoms with van der Waals surface area (Å²) in [6.07, 6.45) is 3.49. The highest BCUT2D eigenvalue weighted by Crippen LogP contribution is 2.41. The zero-order valence-electron chi connectivity index (χ0n) is 11.1. The Labute approximate surface area is 128 Å². The lowest BCUT2D eigenvalue weighted by molar-refractivity contribution is 0.219. The van der Waals surface area contributed by atoms with Crippen LogP contribution in [0, 0.1) is 0 Å². The molecule has 0 aliphatic heterocycles. The smallest absolute Gasteiger partial charge is 0.167 e. The van der Waals surface area contributed by atoms with Crippen molar-refractivity contribution >= 4 is 33.3 Å². The minimum Gasteiger partial charge on any atom is -0.359 e. The van der Waals surface area contributed by atoms with Crippen molar-refractivity contribution in [2.45, 2.75) is 31.7 Å². The van der Waals surface area contributed by atoms with Gasteiger partial charge in [0.15, 0.2) is 5.11 Å². The molecule has 0 unspecified atom stereocenters. The maximum Gasteiger partial charge on any atom is 0.167 e. The first kappa shape index (κ1) is 14.5. The van der Waals surface area contributed by atoms with Gasteiger partial charge in [-0.2, -0.15) is 0 Å². The molecule has 1 aromatic carbocycles. The van der Waals surface area contributed by atoms with Crippen molar-refractivity contribution in [3.05, 3.63) is 46.5 Å². The highest BCUT2D eigenvalue weighted by atomic mass is 79.9. The number of hydrogen-bond acceptors (Lipinski definition) is 1. The van der Waals surface area contributed by atoms with E-state index in [1.54, 1.807) is 0 Å². The quantitative estimate of drug-likeness (QED) is 0.643. The number of rotatable bonds is 4. The third-order valence-corrected chi connectivity index (χ3v) is 4.23. The molecule has 0 saturated heterocycles. The van der Waals surface area contributed by atoms with Gasteiger partial charge in [0.25, 0.3) is 0 Å². The highest BCUT2D eigenvalue weighted by molar-refractivity contribution is 9.10. The average Bonchev–Trinajstić information content (AvgIpc) is 2.31. The summed E-state index contributed by atoms with van der Waals surface area (Å²) in [6, 6.07) is 8.46. The number of benzene rings is 1. The lowest BCUT2D eigenvalue weighted by Gasteiger charge is -2.44. The number of hydrogen-bond donors (Lipinski definition) is 2. The number of thiocarbonyl (C=S) groups is 1. The zero-order chi connectivity index (χ0) is 13.9. The molecule has 2 rings (SSSR count). The molecule has 0 amide bonds. The molecule has 0 heterocycles. The molecule has 2 N–H and O–H groups in total. The molecule has 1 saturated carbocycles. The van der Waals surface area contributed by atoms with Crippen molar-refractivity contribution in [3.8, 4) is 0 Å². The Morgan fingerprint density at radius 1 is 1.47 bits per heavy atom. The second-order valence-electron chi connectivity index (χ2n) is 5.21. The summed E-state index contributed by atoms with van der Waals surface area (Å²) in [5, 5.41) is 7.40. The number of nitrogens with one attached hydrogen (secondary N) is 2. The third kappa shape index (κ3) is 3.57. The van der Waals surface area contributed by atoms with Gasteiger partial charge >= 0.3 is 0 Å². The molecular weight excluding hydrogens is 320 g/mol. The van der Waals surface area contributed by atoms with E-state index in [2.05, 4.69) is 51.3 Å². The molecular formula is C15H19BrN2S. The fraction of sp³-hybridized carbons (Fsp3) is 0.400. The largest absolute Gasteiger partial charge is 0.359 e. The molecule has 0 radical (unpaired) electrons. The van der Waals surface area contributed by atoms with Crippen LogP contribution in [0.5, 0.6) is 0 Å². The molecule has 1 aromatic rings. The summed E-state index contributed by atoms with van der Waals surface area (Å²) in [5.41, 5.74) is 2.38. The first-order valence-electron chi connectivity index (χ1n) is 6.48. The van der Waals surface area contributed by atoms with E-state index in [9.17, 15) is 0 Å². The zero-order valence-corrected chi connectivity index (χ0v) is 13.5. The van der Waals surface area contributed by atoms with E-state index in [1.165, 1.54) is 12.0 Å². The van der Waals surface area contributed by atoms with Crippen LogP contribution in [-0.4, -0.2) is 11.7 Å². The van der Waals surface area contributed by atoms with Crippen LogP contribution in [0.15, 0.2) is 40.9 Å². The van der Waals surface area contributed by atoms with Crippen LogP contribution >= 0.6 is 28.1 Å². The third-order valence-electron chi connectivity index (χ3n) is 3.49. The van der Waals surface area contributed by atoms with E-state index in [0.717, 1.165) is 29.4 Å². The van der Waals surface area contributed by atoms with Gasteiger partial charge in [-0.1, -0.05) is 40.2 Å². The van der Waals surface area contributed by atoms with Crippen molar-refractivity contribution in [1.29, 1.82) is 0 Å². The van der Waals surface area contributed by atoms with Gasteiger partial charge in [-0.15, -0.1) is 0 Å². The fourth-order valence-corrected chi connectivity index (χ4v) is 2.96. The lowest BCUT2D eigenvalue weighted by Crippen LogP contribution is -2.54. The summed E-state index contributed by atoms with van der Waals surface area (Å²) in [6.45, 7) is 6.58. The normalized spacial score (nSPS) is 16.3. The van der Waals surface area contributed by atoms with Gasteiger partial charge in [-0.3, -0.25) is 0 Å². The maximum absolute atomic E-state index is 5.38. The van der Waals surface area contributed by atoms with Crippen LogP contribution in [0.2, 0.25) is 0 Å². The van der Waals surface area contributed by atoms with E-state index >= 15 is 0 Å². The van der Waals surface area contributed by atoms with Crippen molar-refractivity contribution in [3.63, 3.8) is 0 Å². The minimum absolute atomic E-state index is 0.00291. The van der Waals surface area contributed by atoms with Gasteiger partial charge in [0, 0.05) is 11.0 Å². The molecule has 1 aliphatic carbocycles. The topological polar surface area (TPSA) is 24.1 Å². The summed E-state index contributed by atoms with van der Waals surface area (Å²) in [7, 11) is 0. The Morgan fingerprint density at radius 2 is 2.21 bits per heavy atom. The van der Waals surface area contributed by atoms with Gasteiger partial charge < -0.3 is 10.6 Å². The van der Waals surface area contributed by atoms with Crippen molar-refractivity contribution in [2.24, 2.45) is 0 Å². The summed E-state index contributed by atoms with van der Waals surface area (Å²) < 4.78 is 1.11. The fourth-order valence-electron chi connectivity index (χ4n) is 2.30. The van der Waals surface area contributed by atoms with Gasteiger partial charge in [-0.25, -0.2) is 0 Å². The molecule has 0 aromatic heterocycles. The van der Waals surface area contributed by atoms with Crippen LogP contribution in [-0.2, 0) is 5.54 Å². The van der Waals surface area contributed by atoms with Gasteiger partial charge in [0.1, 0.15) is 0 Å². The summed E-state index contributed by atoms with van der Waals surface area (Å²) in [5.74, 6) is 0. The lowest BCUT2D eigenvalue weighted by atomic mass is 9.72. The molecule has 1 fully saturated rings. The van der Waals surface area contributed by atoms with E-state index in [0.29, 0.717) is 5.11 Å². The summed E-state index contributed by atoms with van der Waals surface area (Å²) >= 11 is 8.91. The first-order valence-corrected chi connectivity index (χ1v) is 7.68. The monoisotopic (exact) mass is 338 g/mol. The first-order chi connectivity index (χ1) is 9.02. The molecule has 0 atom stereocenters. The van der Waals surface area contributed by atoms with E-state index in [4.69, 9.17) is 12.2 Å². The number of halogens is 1. The molecule has 0 spiro atoms. The van der Waals surface area contributed by atoms with Gasteiger partial charge in [0.05, 0.1) is 5.54 Å². The molecule has 2 nitrogen and oxygen atoms in total. The summed E-state index contributed by atoms with van der Waals surface area (Å²) in [4.78, 5) is 0. The SMILES string of the molecule is C=C(C)CNC(=S)NC1(c2cccc(Br)c2)CCC1. The Morgan fingerprint density at radius 3 is 2.74 bits per heavy atom. The highest BCUT2D eigenvalue weighted by Gasteiger charge is 2.39. The van der Waals surface area contributed by atoms with Crippen molar-refractivity contribution < 1.29 is 0 Å². The Kier molecular flexibility index (Phi) is 4.63. The Bertz CT molecular complexity index is 495. The Hall–Kier alpha value is -0.870. The molecule has 0 bridgehead atoms. The maximum atomic E-state index is 5.38. The van der Waals surface area contributed by atoms with Crippen LogP contribution < -0.4 is 10.6 Å². The van der Waals surface area contributed by atoms with Crippen molar-refractivity contribution in [2.75, 3.05) is 6.54 Å². The van der Waals surface area contributed by atoms with Crippen LogP contribution in [0.1, 0.15) is 31.7 Å². The average molecular weight is 339 g/mol. The molecule has 19 heavy (non-hydrogen) atoms. The van der Waals surface area contributed by atoms with Crippen LogP contribution in [0.4, 0.5) is 0 Å². The molecule has 4 heteroatoms. The second kappa shape index (κ2) is 6.06. The van der Waals surface area contributed by atoms with E-state index < -0.39 is 0 Å². The molecule has 102 valence electrons. The van der Waals surface area contributed by atoms with Crippen LogP contribution in [0.3, 0.4) is 0 Å². The predicted octanol–water partition coefficient (Wildman–Crippen LogP) is 3.87.